The molecule has 0 saturated heterocycles. The van der Waals surface area contributed by atoms with E-state index < -0.39 is 0 Å². The van der Waals surface area contributed by atoms with Crippen molar-refractivity contribution in [3.8, 4) is 0 Å². The van der Waals surface area contributed by atoms with Crippen LogP contribution in [0.4, 0.5) is 0 Å². The summed E-state index contributed by atoms with van der Waals surface area (Å²) < 4.78 is 0. The summed E-state index contributed by atoms with van der Waals surface area (Å²) in [5.74, 6) is 0. The summed E-state index contributed by atoms with van der Waals surface area (Å²) in [5, 5.41) is 0.810. The van der Waals surface area contributed by atoms with E-state index in [9.17, 15) is 0 Å². The van der Waals surface area contributed by atoms with Crippen molar-refractivity contribution in [2.45, 2.75) is 26.7 Å². The monoisotopic (exact) mass is 170 g/mol. The minimum Gasteiger partial charge on any atom is -0.0987 e. The van der Waals surface area contributed by atoms with E-state index in [1.54, 1.807) is 0 Å². The molecule has 11 heavy (non-hydrogen) atoms. The van der Waals surface area contributed by atoms with Gasteiger partial charge in [-0.3, -0.25) is 0 Å². The first-order valence-corrected chi connectivity index (χ1v) is 4.27. The molecule has 0 aliphatic rings. The van der Waals surface area contributed by atoms with Gasteiger partial charge in [0.15, 0.2) is 0 Å². The van der Waals surface area contributed by atoms with Gasteiger partial charge in [-0.15, -0.1) is 0 Å². The molecule has 0 nitrogen and oxygen atoms in total. The second-order valence-corrected chi connectivity index (χ2v) is 2.73. The molecular formula is C10H15Cl. The third-order valence-corrected chi connectivity index (χ3v) is 1.75. The predicted octanol–water partition coefficient (Wildman–Crippen LogP) is 4.04. The Bertz CT molecular complexity index is 175. The Labute approximate surface area is 74.3 Å². The average molecular weight is 171 g/mol. The lowest BCUT2D eigenvalue weighted by Crippen LogP contribution is -1.79. The Hall–Kier alpha value is -0.490. The molecule has 62 valence electrons. The lowest BCUT2D eigenvalue weighted by Gasteiger charge is -1.99. The van der Waals surface area contributed by atoms with Crippen molar-refractivity contribution in [2.24, 2.45) is 0 Å². The summed E-state index contributed by atoms with van der Waals surface area (Å²) in [6.45, 7) is 7.79. The Morgan fingerprint density at radius 2 is 2.18 bits per heavy atom. The fourth-order valence-corrected chi connectivity index (χ4v) is 1.14. The van der Waals surface area contributed by atoms with Crippen molar-refractivity contribution >= 4 is 11.6 Å². The van der Waals surface area contributed by atoms with E-state index in [1.165, 1.54) is 0 Å². The first-order valence-electron chi connectivity index (χ1n) is 3.90. The molecule has 0 spiro atoms. The van der Waals surface area contributed by atoms with Gasteiger partial charge in [-0.2, -0.15) is 0 Å². The quantitative estimate of drug-likeness (QED) is 0.559. The van der Waals surface area contributed by atoms with Crippen molar-refractivity contribution in [2.75, 3.05) is 0 Å². The van der Waals surface area contributed by atoms with E-state index in [0.29, 0.717) is 0 Å². The van der Waals surface area contributed by atoms with Crippen LogP contribution in [0.2, 0.25) is 0 Å². The summed E-state index contributed by atoms with van der Waals surface area (Å²) in [4.78, 5) is 0. The van der Waals surface area contributed by atoms with Gasteiger partial charge in [-0.25, -0.2) is 0 Å². The van der Waals surface area contributed by atoms with Crippen molar-refractivity contribution in [3.05, 3.63) is 35.4 Å². The zero-order valence-electron chi connectivity index (χ0n) is 7.23. The second-order valence-electron chi connectivity index (χ2n) is 2.33. The van der Waals surface area contributed by atoms with Crippen LogP contribution in [-0.4, -0.2) is 0 Å². The molecule has 0 aromatic heterocycles. The smallest absolute Gasteiger partial charge is 0.0434 e. The zero-order valence-corrected chi connectivity index (χ0v) is 7.99. The van der Waals surface area contributed by atoms with Gasteiger partial charge in [0.2, 0.25) is 0 Å². The third kappa shape index (κ3) is 4.05. The molecule has 0 atom stereocenters. The van der Waals surface area contributed by atoms with Gasteiger partial charge < -0.3 is 0 Å². The van der Waals surface area contributed by atoms with E-state index in [-0.39, 0.29) is 0 Å². The van der Waals surface area contributed by atoms with Crippen LogP contribution in [0.15, 0.2) is 35.4 Å². The van der Waals surface area contributed by atoms with Crippen LogP contribution >= 0.6 is 11.6 Å². The highest BCUT2D eigenvalue weighted by Gasteiger charge is 1.94. The van der Waals surface area contributed by atoms with E-state index in [0.717, 1.165) is 23.4 Å². The standard InChI is InChI=1S/C10H15Cl/c1-4-7-9(6-3)10(11)8-5-2/h5-6,8H,3-4,7H2,1-2H3/b8-5-,10-9-. The number of hydrogen-bond donors (Lipinski definition) is 0. The Morgan fingerprint density at radius 3 is 2.55 bits per heavy atom. The maximum atomic E-state index is 5.95. The minimum absolute atomic E-state index is 0.810. The second kappa shape index (κ2) is 6.23. The SMILES string of the molecule is C=C/C(CCC)=C(Cl)\C=C/C. The highest BCUT2D eigenvalue weighted by Crippen LogP contribution is 2.16. The number of hydrogen-bond acceptors (Lipinski definition) is 0. The van der Waals surface area contributed by atoms with Gasteiger partial charge in [-0.1, -0.05) is 43.7 Å². The molecule has 0 aliphatic carbocycles. The van der Waals surface area contributed by atoms with Crippen LogP contribution in [-0.2, 0) is 0 Å². The number of rotatable bonds is 4. The molecule has 0 bridgehead atoms. The molecule has 0 heterocycles. The van der Waals surface area contributed by atoms with Gasteiger partial charge in [0.25, 0.3) is 0 Å². The average Bonchev–Trinajstić information content (AvgIpc) is 2.00. The van der Waals surface area contributed by atoms with Crippen molar-refractivity contribution in [1.82, 2.24) is 0 Å². The van der Waals surface area contributed by atoms with Gasteiger partial charge in [-0.05, 0) is 25.0 Å². The molecular weight excluding hydrogens is 156 g/mol. The topological polar surface area (TPSA) is 0 Å². The normalized spacial score (nSPS) is 13.4. The predicted molar refractivity (Wildman–Crippen MR) is 52.8 cm³/mol. The van der Waals surface area contributed by atoms with E-state index in [2.05, 4.69) is 13.5 Å². The fraction of sp³-hybridized carbons (Fsp3) is 0.400. The summed E-state index contributed by atoms with van der Waals surface area (Å²) in [6, 6.07) is 0. The lowest BCUT2D eigenvalue weighted by molar-refractivity contribution is 0.925. The Balaban J connectivity index is 4.38. The van der Waals surface area contributed by atoms with Crippen LogP contribution in [0.1, 0.15) is 26.7 Å². The summed E-state index contributed by atoms with van der Waals surface area (Å²) in [7, 11) is 0. The Morgan fingerprint density at radius 1 is 1.55 bits per heavy atom. The molecule has 0 amide bonds. The van der Waals surface area contributed by atoms with Gasteiger partial charge in [0, 0.05) is 5.03 Å². The zero-order chi connectivity index (χ0) is 8.69. The molecule has 0 unspecified atom stereocenters. The van der Waals surface area contributed by atoms with E-state index in [4.69, 9.17) is 11.6 Å². The summed E-state index contributed by atoms with van der Waals surface area (Å²) in [5.41, 5.74) is 1.13. The lowest BCUT2D eigenvalue weighted by atomic mass is 10.1. The Kier molecular flexibility index (Phi) is 5.96. The molecule has 0 aromatic rings. The van der Waals surface area contributed by atoms with Gasteiger partial charge in [0.05, 0.1) is 0 Å². The molecule has 0 saturated carbocycles. The molecule has 0 fully saturated rings. The van der Waals surface area contributed by atoms with Crippen molar-refractivity contribution < 1.29 is 0 Å². The van der Waals surface area contributed by atoms with Crippen molar-refractivity contribution in [1.29, 1.82) is 0 Å². The minimum atomic E-state index is 0.810. The van der Waals surface area contributed by atoms with Crippen LogP contribution in [0.25, 0.3) is 0 Å². The highest BCUT2D eigenvalue weighted by atomic mass is 35.5. The van der Waals surface area contributed by atoms with E-state index >= 15 is 0 Å². The molecule has 0 rings (SSSR count). The molecule has 1 heteroatoms. The molecule has 0 aromatic carbocycles. The third-order valence-electron chi connectivity index (χ3n) is 1.39. The fourth-order valence-electron chi connectivity index (χ4n) is 0.842. The molecule has 0 radical (unpaired) electrons. The van der Waals surface area contributed by atoms with Crippen LogP contribution in [0.3, 0.4) is 0 Å². The summed E-state index contributed by atoms with van der Waals surface area (Å²) in [6.07, 6.45) is 7.77. The molecule has 0 N–H and O–H groups in total. The largest absolute Gasteiger partial charge is 0.0987 e. The summed E-state index contributed by atoms with van der Waals surface area (Å²) >= 11 is 5.95. The first kappa shape index (κ1) is 10.5. The number of halogens is 1. The van der Waals surface area contributed by atoms with Gasteiger partial charge >= 0.3 is 0 Å². The van der Waals surface area contributed by atoms with Crippen LogP contribution < -0.4 is 0 Å². The maximum Gasteiger partial charge on any atom is 0.0434 e. The number of allylic oxidation sites excluding steroid dienone is 5. The van der Waals surface area contributed by atoms with Crippen molar-refractivity contribution in [3.63, 3.8) is 0 Å². The van der Waals surface area contributed by atoms with Crippen LogP contribution in [0, 0.1) is 0 Å². The first-order chi connectivity index (χ1) is 5.26. The van der Waals surface area contributed by atoms with Gasteiger partial charge in [0.1, 0.15) is 0 Å². The van der Waals surface area contributed by atoms with E-state index in [1.807, 2.05) is 25.2 Å². The maximum absolute atomic E-state index is 5.95. The highest BCUT2D eigenvalue weighted by molar-refractivity contribution is 6.31. The molecule has 0 aliphatic heterocycles. The van der Waals surface area contributed by atoms with Crippen LogP contribution in [0.5, 0.6) is 0 Å².